The zero-order valence-electron chi connectivity index (χ0n) is 10.3. The number of amides is 1. The molecule has 0 spiro atoms. The van der Waals surface area contributed by atoms with Gasteiger partial charge in [-0.15, -0.1) is 0 Å². The van der Waals surface area contributed by atoms with Crippen LogP contribution in [0.2, 0.25) is 0 Å². The fourth-order valence-electron chi connectivity index (χ4n) is 1.63. The molecule has 0 aliphatic rings. The van der Waals surface area contributed by atoms with Crippen LogP contribution in [0.15, 0.2) is 40.9 Å². The lowest BCUT2D eigenvalue weighted by Crippen LogP contribution is -2.15. The molecule has 104 valence electrons. The van der Waals surface area contributed by atoms with Crippen molar-refractivity contribution in [3.63, 3.8) is 0 Å². The van der Waals surface area contributed by atoms with Gasteiger partial charge in [0.15, 0.2) is 0 Å². The van der Waals surface area contributed by atoms with Gasteiger partial charge in [0.2, 0.25) is 5.91 Å². The summed E-state index contributed by atoms with van der Waals surface area (Å²) in [6.45, 7) is 0. The van der Waals surface area contributed by atoms with Crippen molar-refractivity contribution in [3.8, 4) is 0 Å². The van der Waals surface area contributed by atoms with Crippen LogP contribution in [-0.2, 0) is 11.2 Å². The summed E-state index contributed by atoms with van der Waals surface area (Å²) in [6.07, 6.45) is 0.0530. The van der Waals surface area contributed by atoms with E-state index in [0.717, 1.165) is 17.7 Å². The van der Waals surface area contributed by atoms with Gasteiger partial charge in [0.25, 0.3) is 0 Å². The molecule has 20 heavy (non-hydrogen) atoms. The molecule has 0 heterocycles. The highest BCUT2D eigenvalue weighted by molar-refractivity contribution is 9.10. The molecular formula is C14H11BrF2N2O. The summed E-state index contributed by atoms with van der Waals surface area (Å²) in [5, 5.41) is 2.34. The van der Waals surface area contributed by atoms with Crippen LogP contribution in [-0.4, -0.2) is 5.91 Å². The summed E-state index contributed by atoms with van der Waals surface area (Å²) < 4.78 is 26.9. The minimum absolute atomic E-state index is 0.00605. The second-order valence-corrected chi connectivity index (χ2v) is 5.07. The second-order valence-electron chi connectivity index (χ2n) is 4.21. The third kappa shape index (κ3) is 3.54. The van der Waals surface area contributed by atoms with Crippen molar-refractivity contribution in [1.82, 2.24) is 0 Å². The molecule has 0 saturated heterocycles. The third-order valence-corrected chi connectivity index (χ3v) is 3.24. The molecule has 2 rings (SSSR count). The van der Waals surface area contributed by atoms with E-state index in [9.17, 15) is 13.6 Å². The number of hydrogen-bond acceptors (Lipinski definition) is 2. The van der Waals surface area contributed by atoms with Gasteiger partial charge in [-0.25, -0.2) is 8.78 Å². The number of halogens is 3. The maximum absolute atomic E-state index is 13.6. The van der Waals surface area contributed by atoms with Crippen molar-refractivity contribution in [1.29, 1.82) is 0 Å². The first-order valence-electron chi connectivity index (χ1n) is 5.74. The molecule has 0 bridgehead atoms. The van der Waals surface area contributed by atoms with E-state index >= 15 is 0 Å². The van der Waals surface area contributed by atoms with Gasteiger partial charge in [0, 0.05) is 11.8 Å². The topological polar surface area (TPSA) is 55.1 Å². The van der Waals surface area contributed by atoms with Crippen LogP contribution < -0.4 is 11.1 Å². The molecule has 2 aromatic carbocycles. The van der Waals surface area contributed by atoms with Crippen molar-refractivity contribution >= 4 is 33.2 Å². The lowest BCUT2D eigenvalue weighted by atomic mass is 10.1. The van der Waals surface area contributed by atoms with Crippen molar-refractivity contribution in [2.45, 2.75) is 6.42 Å². The Bertz CT molecular complexity index is 644. The van der Waals surface area contributed by atoms with Crippen LogP contribution in [0.5, 0.6) is 0 Å². The molecule has 6 heteroatoms. The molecule has 0 aliphatic carbocycles. The lowest BCUT2D eigenvalue weighted by Gasteiger charge is -2.08. The average molecular weight is 341 g/mol. The zero-order chi connectivity index (χ0) is 14.7. The Labute approximate surface area is 122 Å². The van der Waals surface area contributed by atoms with Crippen LogP contribution in [0.1, 0.15) is 5.56 Å². The molecule has 3 N–H and O–H groups in total. The standard InChI is InChI=1S/C14H11BrF2N2O/c15-10-6-12(17)13(7-11(10)16)19-14(20)5-8-1-3-9(18)4-2-8/h1-4,6-7H,5,18H2,(H,19,20). The highest BCUT2D eigenvalue weighted by Crippen LogP contribution is 2.23. The van der Waals surface area contributed by atoms with E-state index in [1.165, 1.54) is 0 Å². The number of nitrogen functional groups attached to an aromatic ring is 1. The smallest absolute Gasteiger partial charge is 0.228 e. The van der Waals surface area contributed by atoms with E-state index in [-0.39, 0.29) is 16.6 Å². The van der Waals surface area contributed by atoms with E-state index < -0.39 is 17.5 Å². The molecule has 0 saturated carbocycles. The van der Waals surface area contributed by atoms with Crippen molar-refractivity contribution in [3.05, 3.63) is 58.1 Å². The van der Waals surface area contributed by atoms with Gasteiger partial charge in [-0.1, -0.05) is 12.1 Å². The van der Waals surface area contributed by atoms with Crippen molar-refractivity contribution in [2.75, 3.05) is 11.1 Å². The maximum Gasteiger partial charge on any atom is 0.228 e. The fourth-order valence-corrected chi connectivity index (χ4v) is 1.95. The first-order chi connectivity index (χ1) is 9.45. The predicted octanol–water partition coefficient (Wildman–Crippen LogP) is 3.49. The largest absolute Gasteiger partial charge is 0.399 e. The fraction of sp³-hybridized carbons (Fsp3) is 0.0714. The van der Waals surface area contributed by atoms with Crippen LogP contribution in [0, 0.1) is 11.6 Å². The molecule has 0 unspecified atom stereocenters. The SMILES string of the molecule is Nc1ccc(CC(=O)Nc2cc(F)c(Br)cc2F)cc1. The zero-order valence-corrected chi connectivity index (χ0v) is 11.9. The number of nitrogens with one attached hydrogen (secondary N) is 1. The number of carbonyl (C=O) groups is 1. The second kappa shape index (κ2) is 6.00. The van der Waals surface area contributed by atoms with Crippen LogP contribution in [0.25, 0.3) is 0 Å². The van der Waals surface area contributed by atoms with Gasteiger partial charge >= 0.3 is 0 Å². The summed E-state index contributed by atoms with van der Waals surface area (Å²) in [7, 11) is 0. The molecule has 0 aliphatic heterocycles. The minimum Gasteiger partial charge on any atom is -0.399 e. The summed E-state index contributed by atoms with van der Waals surface area (Å²) in [6, 6.07) is 8.64. The Hall–Kier alpha value is -1.95. The van der Waals surface area contributed by atoms with E-state index in [4.69, 9.17) is 5.73 Å². The minimum atomic E-state index is -0.705. The molecular weight excluding hydrogens is 330 g/mol. The monoisotopic (exact) mass is 340 g/mol. The van der Waals surface area contributed by atoms with Gasteiger partial charge in [-0.05, 0) is 39.7 Å². The maximum atomic E-state index is 13.6. The van der Waals surface area contributed by atoms with Crippen LogP contribution in [0.3, 0.4) is 0 Å². The van der Waals surface area contributed by atoms with Gasteiger partial charge < -0.3 is 11.1 Å². The first kappa shape index (κ1) is 14.5. The Kier molecular flexibility index (Phi) is 4.34. The molecule has 0 fully saturated rings. The van der Waals surface area contributed by atoms with Crippen LogP contribution in [0.4, 0.5) is 20.2 Å². The number of nitrogens with two attached hydrogens (primary N) is 1. The summed E-state index contributed by atoms with van der Waals surface area (Å²) >= 11 is 2.87. The van der Waals surface area contributed by atoms with Gasteiger partial charge in [-0.2, -0.15) is 0 Å². The van der Waals surface area contributed by atoms with Crippen molar-refractivity contribution in [2.24, 2.45) is 0 Å². The Morgan fingerprint density at radius 1 is 1.15 bits per heavy atom. The Balaban J connectivity index is 2.08. The van der Waals surface area contributed by atoms with Crippen molar-refractivity contribution < 1.29 is 13.6 Å². The summed E-state index contributed by atoms with van der Waals surface area (Å²) in [4.78, 5) is 11.8. The Morgan fingerprint density at radius 2 is 1.80 bits per heavy atom. The van der Waals surface area contributed by atoms with Gasteiger partial charge in [0.05, 0.1) is 16.6 Å². The number of rotatable bonds is 3. The molecule has 0 atom stereocenters. The predicted molar refractivity (Wildman–Crippen MR) is 77.2 cm³/mol. The summed E-state index contributed by atoms with van der Waals surface area (Å²) in [5.41, 5.74) is 6.67. The molecule has 3 nitrogen and oxygen atoms in total. The van der Waals surface area contributed by atoms with Gasteiger partial charge in [0.1, 0.15) is 11.6 Å². The highest BCUT2D eigenvalue weighted by atomic mass is 79.9. The van der Waals surface area contributed by atoms with Crippen LogP contribution >= 0.6 is 15.9 Å². The normalized spacial score (nSPS) is 10.3. The third-order valence-electron chi connectivity index (χ3n) is 2.63. The number of anilines is 2. The molecule has 1 amide bonds. The van der Waals surface area contributed by atoms with E-state index in [1.54, 1.807) is 24.3 Å². The Morgan fingerprint density at radius 3 is 2.45 bits per heavy atom. The molecule has 2 aromatic rings. The summed E-state index contributed by atoms with van der Waals surface area (Å²) in [5.74, 6) is -1.78. The molecule has 0 aromatic heterocycles. The van der Waals surface area contributed by atoms with E-state index in [2.05, 4.69) is 21.2 Å². The highest BCUT2D eigenvalue weighted by Gasteiger charge is 2.11. The first-order valence-corrected chi connectivity index (χ1v) is 6.54. The van der Waals surface area contributed by atoms with Gasteiger partial charge in [-0.3, -0.25) is 4.79 Å². The average Bonchev–Trinajstić information content (AvgIpc) is 2.39. The lowest BCUT2D eigenvalue weighted by molar-refractivity contribution is -0.115. The quantitative estimate of drug-likeness (QED) is 0.663. The van der Waals surface area contributed by atoms with E-state index in [1.807, 2.05) is 0 Å². The number of carbonyl (C=O) groups excluding carboxylic acids is 1. The number of benzene rings is 2. The number of hydrogen-bond donors (Lipinski definition) is 2. The van der Waals surface area contributed by atoms with E-state index in [0.29, 0.717) is 5.69 Å². The molecule has 0 radical (unpaired) electrons.